The van der Waals surface area contributed by atoms with E-state index < -0.39 is 54.8 Å². The molecular weight excluding hydrogens is 501 g/mol. The van der Waals surface area contributed by atoms with Gasteiger partial charge in [0.15, 0.2) is 0 Å². The van der Waals surface area contributed by atoms with Gasteiger partial charge in [-0.25, -0.2) is 13.2 Å². The minimum atomic E-state index is -5.09. The van der Waals surface area contributed by atoms with Crippen LogP contribution in [-0.4, -0.2) is 19.9 Å². The van der Waals surface area contributed by atoms with Gasteiger partial charge in [0.05, 0.1) is 10.5 Å². The van der Waals surface area contributed by atoms with E-state index in [4.69, 9.17) is 4.74 Å². The van der Waals surface area contributed by atoms with Crippen LogP contribution in [-0.2, 0) is 10.1 Å². The van der Waals surface area contributed by atoms with Gasteiger partial charge in [0.25, 0.3) is 5.69 Å². The van der Waals surface area contributed by atoms with E-state index >= 15 is 0 Å². The summed E-state index contributed by atoms with van der Waals surface area (Å²) in [5.41, 5.74) is 1.30. The van der Waals surface area contributed by atoms with E-state index in [0.717, 1.165) is 12.1 Å². The first-order valence-electron chi connectivity index (χ1n) is 9.61. The molecule has 13 heteroatoms. The van der Waals surface area contributed by atoms with Crippen LogP contribution >= 0.6 is 0 Å². The fourth-order valence-electron chi connectivity index (χ4n) is 3.42. The van der Waals surface area contributed by atoms with Crippen LogP contribution < -0.4 is 8.92 Å². The van der Waals surface area contributed by atoms with E-state index in [2.05, 4.69) is 4.18 Å². The lowest BCUT2D eigenvalue weighted by Gasteiger charge is -2.20. The second-order valence-electron chi connectivity index (χ2n) is 7.30. The van der Waals surface area contributed by atoms with Gasteiger partial charge in [-0.05, 0) is 42.3 Å². The third-order valence-electron chi connectivity index (χ3n) is 5.06. The minimum absolute atomic E-state index is 0.0699. The number of fused-ring (bicyclic) bond motifs is 1. The monoisotopic (exact) mass is 513 g/mol. The third-order valence-corrected chi connectivity index (χ3v) is 6.28. The fourth-order valence-corrected chi connectivity index (χ4v) is 4.36. The maximum Gasteiger partial charge on any atom is 0.339 e. The predicted octanol–water partition coefficient (Wildman–Crippen LogP) is 5.19. The van der Waals surface area contributed by atoms with E-state index in [9.17, 15) is 40.5 Å². The van der Waals surface area contributed by atoms with E-state index in [1.807, 2.05) is 0 Å². The number of hydrogen-bond donors (Lipinski definition) is 0. The second kappa shape index (κ2) is 8.65. The molecule has 0 aromatic heterocycles. The Morgan fingerprint density at radius 1 is 0.914 bits per heavy atom. The lowest BCUT2D eigenvalue weighted by molar-refractivity contribution is -0.385. The van der Waals surface area contributed by atoms with Crippen molar-refractivity contribution in [3.05, 3.63) is 98.4 Å². The van der Waals surface area contributed by atoms with Crippen LogP contribution in [0.2, 0.25) is 0 Å². The van der Waals surface area contributed by atoms with Crippen molar-refractivity contribution in [1.29, 1.82) is 0 Å². The molecular formula is C22H12F5NO6S. The molecule has 4 rings (SSSR count). The van der Waals surface area contributed by atoms with Crippen molar-refractivity contribution in [1.82, 2.24) is 0 Å². The molecule has 0 radical (unpaired) electrons. The highest BCUT2D eigenvalue weighted by Crippen LogP contribution is 2.40. The molecule has 0 bridgehead atoms. The van der Waals surface area contributed by atoms with Gasteiger partial charge in [-0.2, -0.15) is 17.2 Å². The van der Waals surface area contributed by atoms with Crippen LogP contribution in [0.15, 0.2) is 47.4 Å². The predicted molar refractivity (Wildman–Crippen MR) is 111 cm³/mol. The van der Waals surface area contributed by atoms with Crippen molar-refractivity contribution < 1.29 is 44.2 Å². The number of ether oxygens (including phenoxy) is 1. The smallest absolute Gasteiger partial charge is 0.339 e. The van der Waals surface area contributed by atoms with Crippen LogP contribution in [0.25, 0.3) is 5.57 Å². The molecule has 0 aliphatic carbocycles. The zero-order valence-corrected chi connectivity index (χ0v) is 18.3. The highest BCUT2D eigenvalue weighted by molar-refractivity contribution is 7.87. The van der Waals surface area contributed by atoms with Crippen molar-refractivity contribution >= 4 is 21.4 Å². The average molecular weight is 513 g/mol. The van der Waals surface area contributed by atoms with Gasteiger partial charge in [-0.15, -0.1) is 0 Å². The van der Waals surface area contributed by atoms with E-state index in [1.165, 1.54) is 18.2 Å². The lowest BCUT2D eigenvalue weighted by atomic mass is 9.93. The number of nitrogens with zero attached hydrogens (tertiary/aromatic N) is 1. The maximum atomic E-state index is 13.9. The molecule has 1 aliphatic heterocycles. The van der Waals surface area contributed by atoms with Gasteiger partial charge in [0, 0.05) is 17.7 Å². The Balaban J connectivity index is 1.75. The standard InChI is InChI=1S/C22H12F5NO6S/c1-10-2-4-13(15(8-10)28(29)30)12-6-7-33-16-9-11(3-5-14(12)16)35(31,32)34-22-20(26)18(24)17(23)19(25)21(22)27/h2-6,8-9H,7H2,1H3. The summed E-state index contributed by atoms with van der Waals surface area (Å²) in [6.45, 7) is 1.57. The fraction of sp³-hybridized carbons (Fsp3) is 0.0909. The second-order valence-corrected chi connectivity index (χ2v) is 8.85. The Labute approximate surface area is 194 Å². The van der Waals surface area contributed by atoms with Crippen molar-refractivity contribution in [3.63, 3.8) is 0 Å². The summed E-state index contributed by atoms with van der Waals surface area (Å²) in [4.78, 5) is 10.2. The number of rotatable bonds is 5. The summed E-state index contributed by atoms with van der Waals surface area (Å²) in [6.07, 6.45) is 1.54. The molecule has 0 amide bonds. The maximum absolute atomic E-state index is 13.9. The first kappa shape index (κ1) is 24.1. The Kier molecular flexibility index (Phi) is 5.97. The van der Waals surface area contributed by atoms with Gasteiger partial charge in [-0.1, -0.05) is 6.07 Å². The molecule has 0 N–H and O–H groups in total. The molecule has 3 aromatic carbocycles. The van der Waals surface area contributed by atoms with Crippen LogP contribution in [0, 0.1) is 46.1 Å². The molecule has 1 aliphatic rings. The molecule has 7 nitrogen and oxygen atoms in total. The van der Waals surface area contributed by atoms with Crippen molar-refractivity contribution in [2.75, 3.05) is 6.61 Å². The molecule has 0 saturated heterocycles. The van der Waals surface area contributed by atoms with Gasteiger partial charge < -0.3 is 8.92 Å². The van der Waals surface area contributed by atoms with Crippen LogP contribution in [0.3, 0.4) is 0 Å². The molecule has 0 spiro atoms. The summed E-state index contributed by atoms with van der Waals surface area (Å²) in [5, 5.41) is 11.5. The summed E-state index contributed by atoms with van der Waals surface area (Å²) in [5.74, 6) is -14.2. The molecule has 3 aromatic rings. The van der Waals surface area contributed by atoms with Gasteiger partial charge in [0.2, 0.25) is 34.8 Å². The van der Waals surface area contributed by atoms with Gasteiger partial charge >= 0.3 is 10.1 Å². The largest absolute Gasteiger partial charge is 0.489 e. The average Bonchev–Trinajstić information content (AvgIpc) is 2.83. The topological polar surface area (TPSA) is 95.7 Å². The van der Waals surface area contributed by atoms with Crippen LogP contribution in [0.4, 0.5) is 27.6 Å². The summed E-state index contributed by atoms with van der Waals surface area (Å²) >= 11 is 0. The van der Waals surface area contributed by atoms with Gasteiger partial charge in [-0.3, -0.25) is 10.1 Å². The number of benzene rings is 3. The quantitative estimate of drug-likeness (QED) is 0.116. The highest BCUT2D eigenvalue weighted by Gasteiger charge is 2.32. The van der Waals surface area contributed by atoms with Crippen molar-refractivity contribution in [3.8, 4) is 11.5 Å². The number of nitro groups is 1. The van der Waals surface area contributed by atoms with E-state index in [0.29, 0.717) is 11.1 Å². The molecule has 0 atom stereocenters. The zero-order valence-electron chi connectivity index (χ0n) is 17.4. The van der Waals surface area contributed by atoms with Gasteiger partial charge in [0.1, 0.15) is 17.3 Å². The molecule has 0 saturated carbocycles. The summed E-state index contributed by atoms with van der Waals surface area (Å²) < 4.78 is 103. The Morgan fingerprint density at radius 3 is 2.14 bits per heavy atom. The first-order valence-corrected chi connectivity index (χ1v) is 11.0. The Bertz CT molecular complexity index is 1510. The van der Waals surface area contributed by atoms with Crippen molar-refractivity contribution in [2.45, 2.75) is 11.8 Å². The van der Waals surface area contributed by atoms with E-state index in [1.54, 1.807) is 19.1 Å². The third kappa shape index (κ3) is 4.18. The van der Waals surface area contributed by atoms with E-state index in [-0.39, 0.29) is 29.2 Å². The number of nitro benzene ring substituents is 1. The number of aryl methyl sites for hydroxylation is 1. The summed E-state index contributed by atoms with van der Waals surface area (Å²) in [6, 6.07) is 7.58. The molecule has 1 heterocycles. The molecule has 0 unspecified atom stereocenters. The van der Waals surface area contributed by atoms with Crippen molar-refractivity contribution in [2.24, 2.45) is 0 Å². The first-order chi connectivity index (χ1) is 16.4. The number of halogens is 5. The zero-order chi connectivity index (χ0) is 25.7. The molecule has 35 heavy (non-hydrogen) atoms. The van der Waals surface area contributed by atoms with Crippen LogP contribution in [0.5, 0.6) is 11.5 Å². The minimum Gasteiger partial charge on any atom is -0.489 e. The Hall–Kier alpha value is -4.00. The molecule has 0 fully saturated rings. The molecule has 182 valence electrons. The number of hydrogen-bond acceptors (Lipinski definition) is 6. The Morgan fingerprint density at radius 2 is 1.51 bits per heavy atom. The van der Waals surface area contributed by atoms with Crippen LogP contribution in [0.1, 0.15) is 16.7 Å². The SMILES string of the molecule is Cc1ccc(C2=CCOc3cc(S(=O)(=O)Oc4c(F)c(F)c(F)c(F)c4F)ccc32)c([N+](=O)[O-])c1. The lowest BCUT2D eigenvalue weighted by Crippen LogP contribution is -2.15. The highest BCUT2D eigenvalue weighted by atomic mass is 32.2. The summed E-state index contributed by atoms with van der Waals surface area (Å²) in [7, 11) is -5.09. The normalized spacial score (nSPS) is 13.0.